The van der Waals surface area contributed by atoms with Crippen molar-refractivity contribution >= 4 is 5.97 Å². The summed E-state index contributed by atoms with van der Waals surface area (Å²) in [6, 6.07) is -0.111. The lowest BCUT2D eigenvalue weighted by molar-refractivity contribution is -0.155. The van der Waals surface area contributed by atoms with Gasteiger partial charge in [-0.15, -0.1) is 0 Å². The molecule has 26 heavy (non-hydrogen) atoms. The van der Waals surface area contributed by atoms with E-state index in [1.165, 1.54) is 70.6 Å². The average Bonchev–Trinajstić information content (AvgIpc) is 2.62. The van der Waals surface area contributed by atoms with E-state index in [-0.39, 0.29) is 12.0 Å². The summed E-state index contributed by atoms with van der Waals surface area (Å²) in [5.74, 6) is -0.127. The quantitative estimate of drug-likeness (QED) is 0.214. The summed E-state index contributed by atoms with van der Waals surface area (Å²) in [6.45, 7) is 8.89. The molecule has 1 unspecified atom stereocenters. The second kappa shape index (κ2) is 16.6. The lowest BCUT2D eigenvalue weighted by atomic mass is 9.82. The third-order valence-corrected chi connectivity index (χ3v) is 5.55. The van der Waals surface area contributed by atoms with Crippen molar-refractivity contribution in [3.05, 3.63) is 0 Å². The molecule has 0 aromatic rings. The summed E-state index contributed by atoms with van der Waals surface area (Å²) < 4.78 is 5.50. The molecule has 0 saturated heterocycles. The maximum absolute atomic E-state index is 12.4. The molecule has 0 aromatic heterocycles. The largest absolute Gasteiger partial charge is 0.465 e. The molecule has 0 amide bonds. The van der Waals surface area contributed by atoms with E-state index in [4.69, 9.17) is 10.5 Å². The van der Waals surface area contributed by atoms with Crippen LogP contribution in [0.5, 0.6) is 0 Å². The van der Waals surface area contributed by atoms with E-state index in [2.05, 4.69) is 13.8 Å². The summed E-state index contributed by atoms with van der Waals surface area (Å²) >= 11 is 0. The van der Waals surface area contributed by atoms with E-state index in [0.717, 1.165) is 25.7 Å². The molecule has 1 atom stereocenters. The van der Waals surface area contributed by atoms with Gasteiger partial charge < -0.3 is 10.5 Å². The van der Waals surface area contributed by atoms with Crippen molar-refractivity contribution in [3.63, 3.8) is 0 Å². The Hall–Kier alpha value is -0.570. The standard InChI is InChI=1S/C23H47NO2/c1-5-7-9-11-13-14-15-17-19-21(24)23(3,4)22(25)26-20-18-16-12-10-8-6-2/h21H,5-20,24H2,1-4H3. The van der Waals surface area contributed by atoms with Crippen LogP contribution in [0.15, 0.2) is 0 Å². The molecule has 3 heteroatoms. The van der Waals surface area contributed by atoms with Crippen LogP contribution < -0.4 is 5.73 Å². The number of carbonyl (C=O) groups excluding carboxylic acids is 1. The lowest BCUT2D eigenvalue weighted by Gasteiger charge is -2.29. The number of esters is 1. The molecule has 0 saturated carbocycles. The van der Waals surface area contributed by atoms with Gasteiger partial charge in [0.2, 0.25) is 0 Å². The topological polar surface area (TPSA) is 52.3 Å². The van der Waals surface area contributed by atoms with Crippen molar-refractivity contribution in [2.75, 3.05) is 6.61 Å². The number of unbranched alkanes of at least 4 members (excludes halogenated alkanes) is 12. The van der Waals surface area contributed by atoms with Gasteiger partial charge in [-0.05, 0) is 26.7 Å². The van der Waals surface area contributed by atoms with Crippen LogP contribution in [-0.2, 0) is 9.53 Å². The first kappa shape index (κ1) is 25.4. The fraction of sp³-hybridized carbons (Fsp3) is 0.957. The highest BCUT2D eigenvalue weighted by molar-refractivity contribution is 5.76. The SMILES string of the molecule is CCCCCCCCCCC(N)C(C)(C)C(=O)OCCCCCCCC. The van der Waals surface area contributed by atoms with E-state index in [9.17, 15) is 4.79 Å². The third-order valence-electron chi connectivity index (χ3n) is 5.55. The Labute approximate surface area is 163 Å². The van der Waals surface area contributed by atoms with E-state index in [1.54, 1.807) is 0 Å². The van der Waals surface area contributed by atoms with Gasteiger partial charge in [-0.2, -0.15) is 0 Å². The minimum absolute atomic E-state index is 0.111. The van der Waals surface area contributed by atoms with Crippen LogP contribution in [0.4, 0.5) is 0 Å². The van der Waals surface area contributed by atoms with Gasteiger partial charge in [-0.1, -0.05) is 97.3 Å². The molecule has 156 valence electrons. The van der Waals surface area contributed by atoms with Crippen LogP contribution in [0, 0.1) is 5.41 Å². The minimum Gasteiger partial charge on any atom is -0.465 e. The highest BCUT2D eigenvalue weighted by Gasteiger charge is 2.35. The molecule has 0 radical (unpaired) electrons. The number of nitrogens with two attached hydrogens (primary N) is 1. The Kier molecular flexibility index (Phi) is 16.2. The molecule has 0 spiro atoms. The summed E-state index contributed by atoms with van der Waals surface area (Å²) in [6.07, 6.45) is 18.5. The summed E-state index contributed by atoms with van der Waals surface area (Å²) in [5, 5.41) is 0. The number of hydrogen-bond donors (Lipinski definition) is 1. The maximum atomic E-state index is 12.4. The van der Waals surface area contributed by atoms with Crippen LogP contribution in [0.25, 0.3) is 0 Å². The maximum Gasteiger partial charge on any atom is 0.313 e. The van der Waals surface area contributed by atoms with E-state index in [0.29, 0.717) is 6.61 Å². The number of rotatable bonds is 18. The smallest absolute Gasteiger partial charge is 0.313 e. The first-order chi connectivity index (χ1) is 12.5. The van der Waals surface area contributed by atoms with Gasteiger partial charge in [-0.3, -0.25) is 4.79 Å². The predicted molar refractivity (Wildman–Crippen MR) is 113 cm³/mol. The molecular formula is C23H47NO2. The van der Waals surface area contributed by atoms with Gasteiger partial charge in [0.05, 0.1) is 12.0 Å². The van der Waals surface area contributed by atoms with Crippen LogP contribution in [0.3, 0.4) is 0 Å². The zero-order valence-electron chi connectivity index (χ0n) is 18.3. The summed E-state index contributed by atoms with van der Waals surface area (Å²) in [4.78, 5) is 12.4. The lowest BCUT2D eigenvalue weighted by Crippen LogP contribution is -2.44. The Morgan fingerprint density at radius 2 is 1.19 bits per heavy atom. The Balaban J connectivity index is 3.77. The van der Waals surface area contributed by atoms with Crippen molar-refractivity contribution in [3.8, 4) is 0 Å². The average molecular weight is 370 g/mol. The van der Waals surface area contributed by atoms with Crippen molar-refractivity contribution in [1.82, 2.24) is 0 Å². The minimum atomic E-state index is -0.580. The van der Waals surface area contributed by atoms with E-state index >= 15 is 0 Å². The zero-order chi connectivity index (χ0) is 19.7. The molecular weight excluding hydrogens is 322 g/mol. The van der Waals surface area contributed by atoms with Crippen LogP contribution in [-0.4, -0.2) is 18.6 Å². The second-order valence-electron chi connectivity index (χ2n) is 8.50. The van der Waals surface area contributed by atoms with Gasteiger partial charge in [0.15, 0.2) is 0 Å². The fourth-order valence-electron chi connectivity index (χ4n) is 3.24. The van der Waals surface area contributed by atoms with Crippen LogP contribution in [0.2, 0.25) is 0 Å². The molecule has 0 fully saturated rings. The van der Waals surface area contributed by atoms with Crippen molar-refractivity contribution < 1.29 is 9.53 Å². The Morgan fingerprint density at radius 3 is 1.69 bits per heavy atom. The first-order valence-corrected chi connectivity index (χ1v) is 11.4. The van der Waals surface area contributed by atoms with Crippen LogP contribution in [0.1, 0.15) is 124 Å². The van der Waals surface area contributed by atoms with Gasteiger partial charge in [0, 0.05) is 6.04 Å². The monoisotopic (exact) mass is 369 g/mol. The zero-order valence-corrected chi connectivity index (χ0v) is 18.3. The first-order valence-electron chi connectivity index (χ1n) is 11.4. The molecule has 2 N–H and O–H groups in total. The predicted octanol–water partition coefficient (Wildman–Crippen LogP) is 6.77. The third kappa shape index (κ3) is 12.7. The molecule has 0 aliphatic carbocycles. The van der Waals surface area contributed by atoms with E-state index < -0.39 is 5.41 Å². The molecule has 0 aliphatic rings. The number of ether oxygens (including phenoxy) is 1. The summed E-state index contributed by atoms with van der Waals surface area (Å²) in [7, 11) is 0. The van der Waals surface area contributed by atoms with Gasteiger partial charge in [0.25, 0.3) is 0 Å². The molecule has 0 bridgehead atoms. The van der Waals surface area contributed by atoms with Crippen LogP contribution >= 0.6 is 0 Å². The van der Waals surface area contributed by atoms with Gasteiger partial charge >= 0.3 is 5.97 Å². The van der Waals surface area contributed by atoms with Gasteiger partial charge in [-0.25, -0.2) is 0 Å². The Morgan fingerprint density at radius 1 is 0.769 bits per heavy atom. The van der Waals surface area contributed by atoms with Crippen molar-refractivity contribution in [1.29, 1.82) is 0 Å². The Bertz CT molecular complexity index is 328. The molecule has 3 nitrogen and oxygen atoms in total. The highest BCUT2D eigenvalue weighted by Crippen LogP contribution is 2.25. The molecule has 0 aromatic carbocycles. The van der Waals surface area contributed by atoms with Crippen molar-refractivity contribution in [2.24, 2.45) is 11.1 Å². The van der Waals surface area contributed by atoms with Crippen molar-refractivity contribution in [2.45, 2.75) is 130 Å². The summed E-state index contributed by atoms with van der Waals surface area (Å²) in [5.41, 5.74) is 5.74. The number of hydrogen-bond acceptors (Lipinski definition) is 3. The molecule has 0 aliphatic heterocycles. The number of carbonyl (C=O) groups is 1. The van der Waals surface area contributed by atoms with Gasteiger partial charge in [0.1, 0.15) is 0 Å². The molecule has 0 heterocycles. The highest BCUT2D eigenvalue weighted by atomic mass is 16.5. The fourth-order valence-corrected chi connectivity index (χ4v) is 3.24. The second-order valence-corrected chi connectivity index (χ2v) is 8.50. The molecule has 0 rings (SSSR count). The normalized spacial score (nSPS) is 13.0. The van der Waals surface area contributed by atoms with E-state index in [1.807, 2.05) is 13.8 Å².